The smallest absolute Gasteiger partial charge is 0.325 e. The number of carbonyl (C=O) groups is 3. The summed E-state index contributed by atoms with van der Waals surface area (Å²) in [6.45, 7) is -0.270. The molecule has 31 heavy (non-hydrogen) atoms. The normalized spacial score (nSPS) is 27.9. The zero-order chi connectivity index (χ0) is 21.8. The van der Waals surface area contributed by atoms with Crippen LogP contribution in [0.1, 0.15) is 55.3 Å². The zero-order valence-electron chi connectivity index (χ0n) is 17.7. The maximum absolute atomic E-state index is 13.1. The number of nitrogens with zero attached hydrogens (tertiary/aromatic N) is 2. The van der Waals surface area contributed by atoms with Gasteiger partial charge in [0.2, 0.25) is 0 Å². The molecule has 1 aromatic carbocycles. The molecule has 4 bridgehead atoms. The van der Waals surface area contributed by atoms with E-state index in [1.165, 1.54) is 19.3 Å². The Balaban J connectivity index is 1.32. The third-order valence-electron chi connectivity index (χ3n) is 7.11. The molecule has 0 aliphatic heterocycles. The van der Waals surface area contributed by atoms with Crippen LogP contribution in [0.5, 0.6) is 0 Å². The topological polar surface area (TPSA) is 99.5 Å². The van der Waals surface area contributed by atoms with Crippen molar-refractivity contribution in [3.05, 3.63) is 35.9 Å². The molecule has 2 amide bonds. The molecule has 0 unspecified atom stereocenters. The van der Waals surface area contributed by atoms with E-state index in [0.29, 0.717) is 29.9 Å². The molecule has 0 spiro atoms. The number of benzene rings is 1. The lowest BCUT2D eigenvalue weighted by atomic mass is 9.52. The van der Waals surface area contributed by atoms with Gasteiger partial charge in [-0.15, -0.1) is 0 Å². The summed E-state index contributed by atoms with van der Waals surface area (Å²) in [7, 11) is 0. The summed E-state index contributed by atoms with van der Waals surface area (Å²) >= 11 is 0. The number of esters is 1. The molecule has 0 radical (unpaired) electrons. The highest BCUT2D eigenvalue weighted by Gasteiger charge is 2.54. The Hall–Kier alpha value is -2.88. The molecule has 0 saturated heterocycles. The molecule has 4 fully saturated rings. The lowest BCUT2D eigenvalue weighted by Gasteiger charge is -2.60. The predicted octanol–water partition coefficient (Wildman–Crippen LogP) is 2.67. The second kappa shape index (κ2) is 9.09. The van der Waals surface area contributed by atoms with Gasteiger partial charge in [0.25, 0.3) is 11.8 Å². The van der Waals surface area contributed by atoms with E-state index in [1.807, 2.05) is 4.90 Å². The van der Waals surface area contributed by atoms with Crippen LogP contribution in [-0.2, 0) is 14.3 Å². The highest BCUT2D eigenvalue weighted by molar-refractivity contribution is 5.96. The molecular weight excluding hydrogens is 394 g/mol. The molecule has 0 atom stereocenters. The summed E-state index contributed by atoms with van der Waals surface area (Å²) < 4.78 is 5.19. The van der Waals surface area contributed by atoms with Gasteiger partial charge in [0.1, 0.15) is 6.54 Å². The van der Waals surface area contributed by atoms with Gasteiger partial charge in [-0.05, 0) is 68.4 Å². The van der Waals surface area contributed by atoms with Crippen molar-refractivity contribution in [1.82, 2.24) is 10.2 Å². The van der Waals surface area contributed by atoms with E-state index < -0.39 is 5.97 Å². The van der Waals surface area contributed by atoms with Gasteiger partial charge in [-0.1, -0.05) is 18.2 Å². The van der Waals surface area contributed by atoms with Gasteiger partial charge in [0.15, 0.2) is 6.61 Å². The first-order chi connectivity index (χ1) is 15.0. The van der Waals surface area contributed by atoms with Gasteiger partial charge in [-0.3, -0.25) is 14.4 Å². The van der Waals surface area contributed by atoms with E-state index in [2.05, 4.69) is 11.4 Å². The Morgan fingerprint density at radius 1 is 1.06 bits per heavy atom. The van der Waals surface area contributed by atoms with E-state index in [1.54, 1.807) is 30.3 Å². The molecule has 1 aromatic rings. The Labute approximate surface area is 182 Å². The number of rotatable bonds is 8. The summed E-state index contributed by atoms with van der Waals surface area (Å²) in [6.07, 6.45) is 7.04. The first-order valence-electron chi connectivity index (χ1n) is 11.2. The summed E-state index contributed by atoms with van der Waals surface area (Å²) in [5.41, 5.74) is 0.271. The molecule has 4 aliphatic carbocycles. The first kappa shape index (κ1) is 21.4. The summed E-state index contributed by atoms with van der Waals surface area (Å²) in [5, 5.41) is 11.6. The Bertz CT molecular complexity index is 841. The summed E-state index contributed by atoms with van der Waals surface area (Å²) in [5.74, 6) is 0.745. The average molecular weight is 424 g/mol. The third kappa shape index (κ3) is 4.73. The van der Waals surface area contributed by atoms with E-state index in [9.17, 15) is 14.4 Å². The molecule has 4 aliphatic rings. The van der Waals surface area contributed by atoms with Crippen LogP contribution in [-0.4, -0.2) is 47.9 Å². The van der Waals surface area contributed by atoms with Crippen molar-refractivity contribution in [3.63, 3.8) is 0 Å². The van der Waals surface area contributed by atoms with Crippen molar-refractivity contribution in [2.75, 3.05) is 19.7 Å². The Kier molecular flexibility index (Phi) is 6.26. The number of nitriles is 1. The predicted molar refractivity (Wildman–Crippen MR) is 113 cm³/mol. The van der Waals surface area contributed by atoms with Crippen LogP contribution < -0.4 is 5.32 Å². The molecular formula is C24H29N3O4. The van der Waals surface area contributed by atoms with Gasteiger partial charge < -0.3 is 15.0 Å². The molecule has 1 N–H and O–H groups in total. The molecule has 0 aromatic heterocycles. The minimum atomic E-state index is -0.650. The minimum absolute atomic E-state index is 0.184. The van der Waals surface area contributed by atoms with Gasteiger partial charge >= 0.3 is 5.97 Å². The SMILES string of the molecule is N#CCCN(C(=O)COC(=O)CNC(=O)c1ccccc1)C12CC3CC(CC(C3)C1)C2. The van der Waals surface area contributed by atoms with Crippen molar-refractivity contribution in [2.45, 2.75) is 50.5 Å². The standard InChI is InChI=1S/C24H29N3O4/c25-7-4-8-27(24-12-17-9-18(13-24)11-19(10-17)14-24)21(28)16-31-22(29)15-26-23(30)20-5-2-1-3-6-20/h1-3,5-6,17-19H,4,8-16H2,(H,26,30). The fourth-order valence-electron chi connectivity index (χ4n) is 6.30. The van der Waals surface area contributed by atoms with Crippen molar-refractivity contribution in [1.29, 1.82) is 5.26 Å². The van der Waals surface area contributed by atoms with Gasteiger partial charge in [0, 0.05) is 17.6 Å². The monoisotopic (exact) mass is 423 g/mol. The zero-order valence-corrected chi connectivity index (χ0v) is 17.7. The first-order valence-corrected chi connectivity index (χ1v) is 11.2. The molecule has 0 heterocycles. The van der Waals surface area contributed by atoms with Crippen LogP contribution in [0.3, 0.4) is 0 Å². The van der Waals surface area contributed by atoms with E-state index in [4.69, 9.17) is 10.00 Å². The largest absolute Gasteiger partial charge is 0.454 e. The van der Waals surface area contributed by atoms with E-state index in [0.717, 1.165) is 19.3 Å². The molecule has 4 saturated carbocycles. The highest BCUT2D eigenvalue weighted by atomic mass is 16.5. The lowest BCUT2D eigenvalue weighted by molar-refractivity contribution is -0.161. The maximum atomic E-state index is 13.1. The minimum Gasteiger partial charge on any atom is -0.454 e. The number of ether oxygens (including phenoxy) is 1. The van der Waals surface area contributed by atoms with Crippen LogP contribution in [0.4, 0.5) is 0 Å². The van der Waals surface area contributed by atoms with E-state index in [-0.39, 0.29) is 36.9 Å². The molecule has 164 valence electrons. The summed E-state index contributed by atoms with van der Waals surface area (Å²) in [4.78, 5) is 39.1. The summed E-state index contributed by atoms with van der Waals surface area (Å²) in [6, 6.07) is 10.7. The van der Waals surface area contributed by atoms with Crippen LogP contribution in [0.25, 0.3) is 0 Å². The van der Waals surface area contributed by atoms with E-state index >= 15 is 0 Å². The van der Waals surface area contributed by atoms with Crippen molar-refractivity contribution in [3.8, 4) is 6.07 Å². The lowest BCUT2D eigenvalue weighted by Crippen LogP contribution is -2.62. The molecule has 5 rings (SSSR count). The Morgan fingerprint density at radius 2 is 1.68 bits per heavy atom. The van der Waals surface area contributed by atoms with Crippen molar-refractivity contribution >= 4 is 17.8 Å². The molecule has 7 heteroatoms. The van der Waals surface area contributed by atoms with Gasteiger partial charge in [-0.25, -0.2) is 0 Å². The van der Waals surface area contributed by atoms with Crippen LogP contribution in [0.15, 0.2) is 30.3 Å². The number of hydrogen-bond donors (Lipinski definition) is 1. The maximum Gasteiger partial charge on any atom is 0.325 e. The van der Waals surface area contributed by atoms with Crippen molar-refractivity contribution in [2.24, 2.45) is 17.8 Å². The second-order valence-electron chi connectivity index (χ2n) is 9.30. The van der Waals surface area contributed by atoms with Crippen molar-refractivity contribution < 1.29 is 19.1 Å². The second-order valence-corrected chi connectivity index (χ2v) is 9.30. The van der Waals surface area contributed by atoms with Gasteiger partial charge in [-0.2, -0.15) is 5.26 Å². The Morgan fingerprint density at radius 3 is 2.26 bits per heavy atom. The fraction of sp³-hybridized carbons (Fsp3) is 0.583. The highest BCUT2D eigenvalue weighted by Crippen LogP contribution is 2.57. The van der Waals surface area contributed by atoms with Crippen LogP contribution in [0.2, 0.25) is 0 Å². The van der Waals surface area contributed by atoms with Crippen LogP contribution >= 0.6 is 0 Å². The number of nitrogens with one attached hydrogen (secondary N) is 1. The number of hydrogen-bond acceptors (Lipinski definition) is 5. The third-order valence-corrected chi connectivity index (χ3v) is 7.11. The molecule has 7 nitrogen and oxygen atoms in total. The fourth-order valence-corrected chi connectivity index (χ4v) is 6.30. The van der Waals surface area contributed by atoms with Crippen LogP contribution in [0, 0.1) is 29.1 Å². The average Bonchev–Trinajstić information content (AvgIpc) is 2.75. The quantitative estimate of drug-likeness (QED) is 0.648. The van der Waals surface area contributed by atoms with Gasteiger partial charge in [0.05, 0.1) is 12.5 Å². The number of carbonyl (C=O) groups excluding carboxylic acids is 3. The number of amides is 2.